The number of piperidine rings is 1. The van der Waals surface area contributed by atoms with E-state index in [4.69, 9.17) is 16.7 Å². The Kier molecular flexibility index (Phi) is 6.67. The van der Waals surface area contributed by atoms with Gasteiger partial charge < -0.3 is 15.5 Å². The second-order valence-corrected chi connectivity index (χ2v) is 7.41. The molecule has 1 atom stereocenters. The molecular weight excluding hydrogens is 380 g/mol. The summed E-state index contributed by atoms with van der Waals surface area (Å²) >= 11 is 6.05. The molecule has 0 spiro atoms. The topological polar surface area (TPSA) is 89.9 Å². The van der Waals surface area contributed by atoms with E-state index in [0.717, 1.165) is 18.7 Å². The lowest BCUT2D eigenvalue weighted by molar-refractivity contribution is -0.143. The quantitative estimate of drug-likeness (QED) is 0.689. The molecule has 3 N–H and O–H groups in total. The highest BCUT2D eigenvalue weighted by Crippen LogP contribution is 2.24. The van der Waals surface area contributed by atoms with E-state index in [1.807, 2.05) is 18.2 Å². The van der Waals surface area contributed by atoms with Gasteiger partial charge in [0.2, 0.25) is 0 Å². The van der Waals surface area contributed by atoms with Gasteiger partial charge in [-0.15, -0.1) is 0 Å². The predicted molar refractivity (Wildman–Crippen MR) is 107 cm³/mol. The molecule has 7 heteroatoms. The molecule has 1 aliphatic heterocycles. The molecule has 28 heavy (non-hydrogen) atoms. The first-order chi connectivity index (χ1) is 13.4. The third kappa shape index (κ3) is 5.10. The summed E-state index contributed by atoms with van der Waals surface area (Å²) in [6.45, 7) is 2.15. The second kappa shape index (κ2) is 9.19. The van der Waals surface area contributed by atoms with E-state index in [0.29, 0.717) is 35.7 Å². The molecule has 1 saturated heterocycles. The monoisotopic (exact) mass is 402 g/mol. The average molecular weight is 403 g/mol. The first kappa shape index (κ1) is 20.3. The Labute approximate surface area is 168 Å². The summed E-state index contributed by atoms with van der Waals surface area (Å²) in [5, 5.41) is 22.4. The van der Waals surface area contributed by atoms with E-state index in [-0.39, 0.29) is 5.92 Å². The molecule has 1 unspecified atom stereocenters. The number of rotatable bonds is 6. The Morgan fingerprint density at radius 2 is 1.86 bits per heavy atom. The van der Waals surface area contributed by atoms with Crippen LogP contribution in [0.15, 0.2) is 48.5 Å². The maximum atomic E-state index is 12.4. The zero-order valence-electron chi connectivity index (χ0n) is 15.3. The van der Waals surface area contributed by atoms with Crippen LogP contribution in [0.1, 0.15) is 30.1 Å². The standard InChI is InChI=1S/C21H23ClN2O4/c22-18-7-2-1-6-17(18)19(25)20(26)23-16-5-3-4-14(12-16)13-24-10-8-15(9-11-24)21(27)28/h1-7,12,15,19,25H,8-11,13H2,(H,23,26)(H,27,28). The van der Waals surface area contributed by atoms with Crippen molar-refractivity contribution in [2.24, 2.45) is 5.92 Å². The average Bonchev–Trinajstić information content (AvgIpc) is 2.68. The van der Waals surface area contributed by atoms with Crippen molar-refractivity contribution in [1.29, 1.82) is 0 Å². The molecule has 0 aromatic heterocycles. The minimum absolute atomic E-state index is 0.256. The van der Waals surface area contributed by atoms with Gasteiger partial charge in [-0.3, -0.25) is 14.5 Å². The largest absolute Gasteiger partial charge is 0.481 e. The molecule has 2 aromatic carbocycles. The Hall–Kier alpha value is -2.41. The molecule has 0 saturated carbocycles. The van der Waals surface area contributed by atoms with Gasteiger partial charge in [0.15, 0.2) is 6.10 Å². The summed E-state index contributed by atoms with van der Waals surface area (Å²) in [4.78, 5) is 25.6. The molecule has 0 bridgehead atoms. The van der Waals surface area contributed by atoms with E-state index >= 15 is 0 Å². The minimum Gasteiger partial charge on any atom is -0.481 e. The summed E-state index contributed by atoms with van der Waals surface area (Å²) in [6.07, 6.45) is -0.0571. The molecule has 3 rings (SSSR count). The van der Waals surface area contributed by atoms with Crippen molar-refractivity contribution in [1.82, 2.24) is 4.90 Å². The van der Waals surface area contributed by atoms with E-state index in [1.165, 1.54) is 0 Å². The molecule has 1 heterocycles. The van der Waals surface area contributed by atoms with Crippen LogP contribution >= 0.6 is 11.6 Å². The summed E-state index contributed by atoms with van der Waals surface area (Å²) in [6, 6.07) is 14.1. The van der Waals surface area contributed by atoms with Crippen LogP contribution in [0.25, 0.3) is 0 Å². The highest BCUT2D eigenvalue weighted by molar-refractivity contribution is 6.31. The van der Waals surface area contributed by atoms with Crippen LogP contribution < -0.4 is 5.32 Å². The van der Waals surface area contributed by atoms with Crippen LogP contribution in [0.4, 0.5) is 5.69 Å². The summed E-state index contributed by atoms with van der Waals surface area (Å²) in [7, 11) is 0. The smallest absolute Gasteiger partial charge is 0.306 e. The van der Waals surface area contributed by atoms with Crippen LogP contribution in [-0.2, 0) is 16.1 Å². The Bertz CT molecular complexity index is 850. The molecule has 0 radical (unpaired) electrons. The lowest BCUT2D eigenvalue weighted by atomic mass is 9.97. The number of carboxylic acids is 1. The molecule has 6 nitrogen and oxygen atoms in total. The highest BCUT2D eigenvalue weighted by Gasteiger charge is 2.24. The van der Waals surface area contributed by atoms with E-state index < -0.39 is 18.0 Å². The van der Waals surface area contributed by atoms with Crippen molar-refractivity contribution in [3.05, 3.63) is 64.7 Å². The molecule has 0 aliphatic carbocycles. The number of carbonyl (C=O) groups excluding carboxylic acids is 1. The maximum absolute atomic E-state index is 12.4. The van der Waals surface area contributed by atoms with Crippen LogP contribution in [0.2, 0.25) is 5.02 Å². The normalized spacial score (nSPS) is 16.5. The van der Waals surface area contributed by atoms with Gasteiger partial charge in [-0.25, -0.2) is 0 Å². The van der Waals surface area contributed by atoms with Gasteiger partial charge in [0, 0.05) is 22.8 Å². The van der Waals surface area contributed by atoms with E-state index in [1.54, 1.807) is 30.3 Å². The van der Waals surface area contributed by atoms with Crippen molar-refractivity contribution < 1.29 is 19.8 Å². The lowest BCUT2D eigenvalue weighted by Crippen LogP contribution is -2.35. The van der Waals surface area contributed by atoms with Crippen molar-refractivity contribution >= 4 is 29.2 Å². The van der Waals surface area contributed by atoms with Crippen molar-refractivity contribution in [2.45, 2.75) is 25.5 Å². The van der Waals surface area contributed by atoms with Crippen LogP contribution in [0.3, 0.4) is 0 Å². The van der Waals surface area contributed by atoms with Gasteiger partial charge in [0.05, 0.1) is 5.92 Å². The number of anilines is 1. The van der Waals surface area contributed by atoms with Gasteiger partial charge in [-0.1, -0.05) is 41.9 Å². The lowest BCUT2D eigenvalue weighted by Gasteiger charge is -2.30. The third-order valence-electron chi connectivity index (χ3n) is 4.99. The van der Waals surface area contributed by atoms with Crippen LogP contribution in [-0.4, -0.2) is 40.1 Å². The number of aliphatic hydroxyl groups excluding tert-OH is 1. The first-order valence-corrected chi connectivity index (χ1v) is 9.59. The number of aliphatic hydroxyl groups is 1. The fourth-order valence-electron chi connectivity index (χ4n) is 3.39. The highest BCUT2D eigenvalue weighted by atomic mass is 35.5. The van der Waals surface area contributed by atoms with Crippen molar-refractivity contribution in [3.63, 3.8) is 0 Å². The van der Waals surface area contributed by atoms with Gasteiger partial charge in [-0.2, -0.15) is 0 Å². The van der Waals surface area contributed by atoms with Gasteiger partial charge in [0.1, 0.15) is 0 Å². The Morgan fingerprint density at radius 3 is 2.54 bits per heavy atom. The SMILES string of the molecule is O=C(O)C1CCN(Cc2cccc(NC(=O)C(O)c3ccccc3Cl)c2)CC1. The molecular formula is C21H23ClN2O4. The predicted octanol–water partition coefficient (Wildman–Crippen LogP) is 3.31. The first-order valence-electron chi connectivity index (χ1n) is 9.21. The summed E-state index contributed by atoms with van der Waals surface area (Å²) < 4.78 is 0. The zero-order chi connectivity index (χ0) is 20.1. The number of hydrogen-bond acceptors (Lipinski definition) is 4. The Balaban J connectivity index is 1.60. The number of carboxylic acid groups (broad SMARTS) is 1. The number of nitrogens with one attached hydrogen (secondary N) is 1. The molecule has 1 aliphatic rings. The fraction of sp³-hybridized carbons (Fsp3) is 0.333. The maximum Gasteiger partial charge on any atom is 0.306 e. The van der Waals surface area contributed by atoms with Crippen molar-refractivity contribution in [3.8, 4) is 0 Å². The van der Waals surface area contributed by atoms with Crippen LogP contribution in [0, 0.1) is 5.92 Å². The number of likely N-dealkylation sites (tertiary alicyclic amines) is 1. The number of amides is 1. The van der Waals surface area contributed by atoms with E-state index in [2.05, 4.69) is 10.2 Å². The van der Waals surface area contributed by atoms with Crippen LogP contribution in [0.5, 0.6) is 0 Å². The summed E-state index contributed by atoms with van der Waals surface area (Å²) in [5.41, 5.74) is 1.96. The number of halogens is 1. The molecule has 2 aromatic rings. The molecule has 1 fully saturated rings. The third-order valence-corrected chi connectivity index (χ3v) is 5.33. The Morgan fingerprint density at radius 1 is 1.14 bits per heavy atom. The zero-order valence-corrected chi connectivity index (χ0v) is 16.1. The summed E-state index contributed by atoms with van der Waals surface area (Å²) in [5.74, 6) is -1.53. The van der Waals surface area contributed by atoms with E-state index in [9.17, 15) is 14.7 Å². The molecule has 1 amide bonds. The number of nitrogens with zero attached hydrogens (tertiary/aromatic N) is 1. The number of carbonyl (C=O) groups is 2. The number of hydrogen-bond donors (Lipinski definition) is 3. The molecule has 148 valence electrons. The van der Waals surface area contributed by atoms with Gasteiger partial charge in [-0.05, 0) is 49.7 Å². The number of benzene rings is 2. The van der Waals surface area contributed by atoms with Crippen molar-refractivity contribution in [2.75, 3.05) is 18.4 Å². The second-order valence-electron chi connectivity index (χ2n) is 7.00. The van der Waals surface area contributed by atoms with Gasteiger partial charge in [0.25, 0.3) is 5.91 Å². The fourth-order valence-corrected chi connectivity index (χ4v) is 3.63. The number of aliphatic carboxylic acids is 1. The minimum atomic E-state index is -1.35. The van der Waals surface area contributed by atoms with Gasteiger partial charge >= 0.3 is 5.97 Å².